The number of carbonyl (C=O) groups is 1. The number of pyridine rings is 1. The van der Waals surface area contributed by atoms with E-state index in [1.807, 2.05) is 12.1 Å². The van der Waals surface area contributed by atoms with Gasteiger partial charge < -0.3 is 5.32 Å². The molecule has 1 unspecified atom stereocenters. The highest BCUT2D eigenvalue weighted by atomic mass is 35.5. The normalized spacial score (nSPS) is 20.5. The number of nitrogens with zero attached hydrogens (tertiary/aromatic N) is 2. The third kappa shape index (κ3) is 3.68. The Hall–Kier alpha value is -1.13. The van der Waals surface area contributed by atoms with Crippen LogP contribution in [0.3, 0.4) is 0 Å². The zero-order valence-corrected chi connectivity index (χ0v) is 10.6. The molecule has 0 bridgehead atoms. The Morgan fingerprint density at radius 2 is 2.53 bits per heavy atom. The topological polar surface area (TPSA) is 45.2 Å². The van der Waals surface area contributed by atoms with Crippen LogP contribution in [0.15, 0.2) is 18.3 Å². The van der Waals surface area contributed by atoms with E-state index in [0.29, 0.717) is 5.15 Å². The Morgan fingerprint density at radius 3 is 3.24 bits per heavy atom. The van der Waals surface area contributed by atoms with Crippen molar-refractivity contribution in [3.05, 3.63) is 29.0 Å². The van der Waals surface area contributed by atoms with Gasteiger partial charge in [0.1, 0.15) is 5.15 Å². The van der Waals surface area contributed by atoms with Crippen molar-refractivity contribution in [3.8, 4) is 0 Å². The summed E-state index contributed by atoms with van der Waals surface area (Å²) in [5.74, 6) is 0.0452. The van der Waals surface area contributed by atoms with Gasteiger partial charge in [0, 0.05) is 38.8 Å². The third-order valence-corrected chi connectivity index (χ3v) is 3.08. The van der Waals surface area contributed by atoms with Gasteiger partial charge in [-0.1, -0.05) is 11.6 Å². The molecule has 1 aromatic heterocycles. The van der Waals surface area contributed by atoms with E-state index in [9.17, 15) is 4.79 Å². The van der Waals surface area contributed by atoms with Crippen LogP contribution in [0.25, 0.3) is 0 Å². The van der Waals surface area contributed by atoms with E-state index in [2.05, 4.69) is 15.2 Å². The first-order valence-electron chi connectivity index (χ1n) is 5.73. The van der Waals surface area contributed by atoms with Crippen molar-refractivity contribution < 1.29 is 4.79 Å². The van der Waals surface area contributed by atoms with Crippen molar-refractivity contribution in [1.82, 2.24) is 15.2 Å². The fourth-order valence-corrected chi connectivity index (χ4v) is 2.38. The number of aromatic nitrogens is 1. The highest BCUT2D eigenvalue weighted by Gasteiger charge is 2.22. The molecule has 5 heteroatoms. The van der Waals surface area contributed by atoms with Gasteiger partial charge in [-0.15, -0.1) is 0 Å². The van der Waals surface area contributed by atoms with Crippen LogP contribution in [0.2, 0.25) is 5.15 Å². The van der Waals surface area contributed by atoms with Gasteiger partial charge in [-0.3, -0.25) is 9.69 Å². The van der Waals surface area contributed by atoms with Crippen molar-refractivity contribution in [2.75, 3.05) is 13.1 Å². The fourth-order valence-electron chi connectivity index (χ4n) is 2.18. The highest BCUT2D eigenvalue weighted by molar-refractivity contribution is 6.29. The molecule has 1 aromatic rings. The standard InChI is InChI=1S/C12H16ClN3O/c1-9(17)15-11-3-5-16(8-11)7-10-2-4-14-12(13)6-10/h2,4,6,11H,3,5,7-8H2,1H3,(H,15,17). The maximum Gasteiger partial charge on any atom is 0.217 e. The monoisotopic (exact) mass is 253 g/mol. The molecular weight excluding hydrogens is 238 g/mol. The molecule has 4 nitrogen and oxygen atoms in total. The lowest BCUT2D eigenvalue weighted by atomic mass is 10.2. The lowest BCUT2D eigenvalue weighted by Crippen LogP contribution is -2.35. The molecule has 0 aromatic carbocycles. The number of likely N-dealkylation sites (tertiary alicyclic amines) is 1. The predicted molar refractivity (Wildman–Crippen MR) is 66.7 cm³/mol. The minimum Gasteiger partial charge on any atom is -0.352 e. The number of hydrogen-bond acceptors (Lipinski definition) is 3. The molecule has 1 atom stereocenters. The summed E-state index contributed by atoms with van der Waals surface area (Å²) in [5, 5.41) is 3.48. The Kier molecular flexibility index (Phi) is 3.97. The molecule has 1 N–H and O–H groups in total. The van der Waals surface area contributed by atoms with Crippen molar-refractivity contribution in [2.24, 2.45) is 0 Å². The Morgan fingerprint density at radius 1 is 1.71 bits per heavy atom. The molecule has 92 valence electrons. The van der Waals surface area contributed by atoms with E-state index in [4.69, 9.17) is 11.6 Å². The van der Waals surface area contributed by atoms with Crippen LogP contribution < -0.4 is 5.32 Å². The number of rotatable bonds is 3. The zero-order valence-electron chi connectivity index (χ0n) is 9.82. The summed E-state index contributed by atoms with van der Waals surface area (Å²) in [5.41, 5.74) is 1.16. The fraction of sp³-hybridized carbons (Fsp3) is 0.500. The van der Waals surface area contributed by atoms with Gasteiger partial charge in [-0.05, 0) is 24.1 Å². The molecular formula is C12H16ClN3O. The van der Waals surface area contributed by atoms with Crippen molar-refractivity contribution in [1.29, 1.82) is 0 Å². The van der Waals surface area contributed by atoms with Crippen LogP contribution in [0.1, 0.15) is 18.9 Å². The summed E-state index contributed by atoms with van der Waals surface area (Å²) in [7, 11) is 0. The number of halogens is 1. The quantitative estimate of drug-likeness (QED) is 0.830. The second-order valence-corrected chi connectivity index (χ2v) is 4.80. The van der Waals surface area contributed by atoms with Crippen molar-refractivity contribution >= 4 is 17.5 Å². The van der Waals surface area contributed by atoms with Crippen molar-refractivity contribution in [3.63, 3.8) is 0 Å². The maximum absolute atomic E-state index is 11.0. The van der Waals surface area contributed by atoms with Gasteiger partial charge in [0.05, 0.1) is 0 Å². The summed E-state index contributed by atoms with van der Waals surface area (Å²) < 4.78 is 0. The lowest BCUT2D eigenvalue weighted by Gasteiger charge is -2.16. The predicted octanol–water partition coefficient (Wildman–Crippen LogP) is 1.45. The van der Waals surface area contributed by atoms with Gasteiger partial charge in [-0.2, -0.15) is 0 Å². The summed E-state index contributed by atoms with van der Waals surface area (Å²) in [6.07, 6.45) is 2.73. The van der Waals surface area contributed by atoms with Crippen molar-refractivity contribution in [2.45, 2.75) is 25.9 Å². The van der Waals surface area contributed by atoms with Gasteiger partial charge in [-0.25, -0.2) is 4.98 Å². The average molecular weight is 254 g/mol. The summed E-state index contributed by atoms with van der Waals surface area (Å²) in [6.45, 7) is 4.33. The average Bonchev–Trinajstić information content (AvgIpc) is 2.64. The Labute approximate surface area is 106 Å². The number of nitrogens with one attached hydrogen (secondary N) is 1. The summed E-state index contributed by atoms with van der Waals surface area (Å²) in [4.78, 5) is 17.2. The van der Waals surface area contributed by atoms with Crippen LogP contribution in [0, 0.1) is 0 Å². The molecule has 17 heavy (non-hydrogen) atoms. The van der Waals surface area contributed by atoms with E-state index in [-0.39, 0.29) is 11.9 Å². The van der Waals surface area contributed by atoms with Gasteiger partial charge in [0.25, 0.3) is 0 Å². The molecule has 0 saturated carbocycles. The first-order chi connectivity index (χ1) is 8.13. The third-order valence-electron chi connectivity index (χ3n) is 2.88. The first kappa shape index (κ1) is 12.3. The molecule has 1 saturated heterocycles. The molecule has 0 radical (unpaired) electrons. The van der Waals surface area contributed by atoms with E-state index in [1.165, 1.54) is 0 Å². The first-order valence-corrected chi connectivity index (χ1v) is 6.11. The van der Waals surface area contributed by atoms with Crippen LogP contribution in [0.4, 0.5) is 0 Å². The second-order valence-electron chi connectivity index (χ2n) is 4.41. The van der Waals surface area contributed by atoms with Gasteiger partial charge >= 0.3 is 0 Å². The Bertz CT molecular complexity index is 410. The molecule has 2 rings (SSSR count). The van der Waals surface area contributed by atoms with Gasteiger partial charge in [0.15, 0.2) is 0 Å². The van der Waals surface area contributed by atoms with Crippen LogP contribution in [0.5, 0.6) is 0 Å². The maximum atomic E-state index is 11.0. The lowest BCUT2D eigenvalue weighted by molar-refractivity contribution is -0.119. The Balaban J connectivity index is 1.87. The number of amides is 1. The number of carbonyl (C=O) groups excluding carboxylic acids is 1. The molecule has 1 amide bonds. The summed E-state index contributed by atoms with van der Waals surface area (Å²) in [6, 6.07) is 4.13. The highest BCUT2D eigenvalue weighted by Crippen LogP contribution is 2.15. The molecule has 1 fully saturated rings. The van der Waals surface area contributed by atoms with E-state index in [0.717, 1.165) is 31.6 Å². The van der Waals surface area contributed by atoms with Crippen LogP contribution in [-0.4, -0.2) is 34.9 Å². The largest absolute Gasteiger partial charge is 0.352 e. The smallest absolute Gasteiger partial charge is 0.217 e. The second kappa shape index (κ2) is 5.47. The van der Waals surface area contributed by atoms with E-state index < -0.39 is 0 Å². The SMILES string of the molecule is CC(=O)NC1CCN(Cc2ccnc(Cl)c2)C1. The molecule has 1 aliphatic rings. The molecule has 1 aliphatic heterocycles. The van der Waals surface area contributed by atoms with Crippen LogP contribution >= 0.6 is 11.6 Å². The van der Waals surface area contributed by atoms with Gasteiger partial charge in [0.2, 0.25) is 5.91 Å². The minimum atomic E-state index is 0.0452. The van der Waals surface area contributed by atoms with Crippen LogP contribution in [-0.2, 0) is 11.3 Å². The zero-order chi connectivity index (χ0) is 12.3. The summed E-state index contributed by atoms with van der Waals surface area (Å²) >= 11 is 5.84. The number of hydrogen-bond donors (Lipinski definition) is 1. The minimum absolute atomic E-state index is 0.0452. The van der Waals surface area contributed by atoms with E-state index >= 15 is 0 Å². The molecule has 0 aliphatic carbocycles. The molecule has 0 spiro atoms. The molecule has 2 heterocycles. The van der Waals surface area contributed by atoms with E-state index in [1.54, 1.807) is 13.1 Å².